The first-order valence-electron chi connectivity index (χ1n) is 7.17. The lowest BCUT2D eigenvalue weighted by atomic mass is 10.3. The van der Waals surface area contributed by atoms with Gasteiger partial charge in [0.2, 0.25) is 0 Å². The Balaban J connectivity index is 1.57. The molecule has 0 saturated carbocycles. The van der Waals surface area contributed by atoms with Gasteiger partial charge in [-0.25, -0.2) is 9.97 Å². The highest BCUT2D eigenvalue weighted by Gasteiger charge is 2.08. The molecule has 0 spiro atoms. The van der Waals surface area contributed by atoms with Crippen molar-refractivity contribution in [2.24, 2.45) is 0 Å². The lowest BCUT2D eigenvalue weighted by Gasteiger charge is -2.03. The first-order valence-corrected chi connectivity index (χ1v) is 7.99. The van der Waals surface area contributed by atoms with Crippen LogP contribution in [0, 0.1) is 6.92 Å². The minimum atomic E-state index is 0.687. The number of fused-ring (bicyclic) bond motifs is 1. The summed E-state index contributed by atoms with van der Waals surface area (Å²) < 4.78 is 1.87. The molecule has 0 aliphatic carbocycles. The number of rotatable bonds is 4. The average Bonchev–Trinajstić information content (AvgIpc) is 3.14. The first kappa shape index (κ1) is 13.8. The summed E-state index contributed by atoms with van der Waals surface area (Å²) in [5, 5.41) is 8.74. The van der Waals surface area contributed by atoms with Gasteiger partial charge in [-0.2, -0.15) is 5.10 Å². The van der Waals surface area contributed by atoms with Crippen molar-refractivity contribution in [1.82, 2.24) is 24.7 Å². The van der Waals surface area contributed by atoms with Gasteiger partial charge in [0.1, 0.15) is 17.0 Å². The quantitative estimate of drug-likeness (QED) is 0.624. The van der Waals surface area contributed by atoms with Crippen molar-refractivity contribution >= 4 is 33.1 Å². The predicted molar refractivity (Wildman–Crippen MR) is 91.0 cm³/mol. The molecule has 0 aliphatic heterocycles. The van der Waals surface area contributed by atoms with Crippen molar-refractivity contribution in [2.45, 2.75) is 13.5 Å². The number of aryl methyl sites for hydroxylation is 1. The number of pyridine rings is 1. The van der Waals surface area contributed by atoms with Crippen LogP contribution in [0.25, 0.3) is 10.2 Å². The maximum Gasteiger partial charge on any atom is 0.142 e. The third-order valence-corrected chi connectivity index (χ3v) is 4.37. The topological polar surface area (TPSA) is 68.5 Å². The molecule has 0 fully saturated rings. The number of anilines is 2. The van der Waals surface area contributed by atoms with Gasteiger partial charge in [0, 0.05) is 23.5 Å². The van der Waals surface area contributed by atoms with Crippen LogP contribution in [-0.2, 0) is 6.54 Å². The van der Waals surface area contributed by atoms with Crippen molar-refractivity contribution in [1.29, 1.82) is 0 Å². The van der Waals surface area contributed by atoms with Crippen LogP contribution in [0.1, 0.15) is 10.4 Å². The molecule has 4 aromatic heterocycles. The van der Waals surface area contributed by atoms with Crippen molar-refractivity contribution in [3.05, 3.63) is 59.8 Å². The number of thiophene rings is 1. The Morgan fingerprint density at radius 3 is 3.09 bits per heavy atom. The Morgan fingerprint density at radius 2 is 2.22 bits per heavy atom. The van der Waals surface area contributed by atoms with E-state index in [-0.39, 0.29) is 0 Å². The van der Waals surface area contributed by atoms with Crippen molar-refractivity contribution in [3.63, 3.8) is 0 Å². The van der Waals surface area contributed by atoms with E-state index in [9.17, 15) is 0 Å². The third kappa shape index (κ3) is 2.91. The van der Waals surface area contributed by atoms with E-state index in [0.29, 0.717) is 6.54 Å². The van der Waals surface area contributed by atoms with Gasteiger partial charge in [-0.05, 0) is 24.6 Å². The fourth-order valence-electron chi connectivity index (χ4n) is 2.41. The van der Waals surface area contributed by atoms with Gasteiger partial charge in [0.05, 0.1) is 23.8 Å². The Hall–Kier alpha value is -2.80. The number of hydrogen-bond acceptors (Lipinski definition) is 6. The number of aromatic nitrogens is 5. The molecular weight excluding hydrogens is 308 g/mol. The fourth-order valence-corrected chi connectivity index (χ4v) is 3.25. The summed E-state index contributed by atoms with van der Waals surface area (Å²) in [7, 11) is 0. The lowest BCUT2D eigenvalue weighted by Crippen LogP contribution is -2.00. The Bertz CT molecular complexity index is 944. The molecule has 4 rings (SSSR count). The largest absolute Gasteiger partial charge is 0.337 e. The monoisotopic (exact) mass is 322 g/mol. The van der Waals surface area contributed by atoms with Crippen LogP contribution in [-0.4, -0.2) is 24.7 Å². The van der Waals surface area contributed by atoms with Gasteiger partial charge in [-0.15, -0.1) is 11.3 Å². The number of hydrogen-bond donors (Lipinski definition) is 1. The second-order valence-electron chi connectivity index (χ2n) is 5.21. The maximum atomic E-state index is 4.38. The molecule has 0 atom stereocenters. The highest BCUT2D eigenvalue weighted by Crippen LogP contribution is 2.29. The Morgan fingerprint density at radius 1 is 1.26 bits per heavy atom. The molecule has 1 N–H and O–H groups in total. The molecule has 4 heterocycles. The van der Waals surface area contributed by atoms with E-state index in [1.165, 1.54) is 4.88 Å². The molecule has 0 bridgehead atoms. The van der Waals surface area contributed by atoms with E-state index in [0.717, 1.165) is 27.3 Å². The van der Waals surface area contributed by atoms with Gasteiger partial charge < -0.3 is 5.32 Å². The van der Waals surface area contributed by atoms with Crippen molar-refractivity contribution in [3.8, 4) is 0 Å². The van der Waals surface area contributed by atoms with E-state index >= 15 is 0 Å². The Labute approximate surface area is 136 Å². The van der Waals surface area contributed by atoms with Crippen LogP contribution in [0.5, 0.6) is 0 Å². The number of nitrogens with zero attached hydrogens (tertiary/aromatic N) is 5. The van der Waals surface area contributed by atoms with Crippen LogP contribution in [0.2, 0.25) is 0 Å². The van der Waals surface area contributed by atoms with Gasteiger partial charge in [0.25, 0.3) is 0 Å². The maximum absolute atomic E-state index is 4.38. The predicted octanol–water partition coefficient (Wildman–Crippen LogP) is 3.38. The molecule has 23 heavy (non-hydrogen) atoms. The molecular formula is C16H14N6S. The highest BCUT2D eigenvalue weighted by atomic mass is 32.1. The molecule has 0 amide bonds. The van der Waals surface area contributed by atoms with E-state index in [2.05, 4.69) is 38.4 Å². The second kappa shape index (κ2) is 5.77. The van der Waals surface area contributed by atoms with Crippen LogP contribution in [0.15, 0.2) is 49.3 Å². The smallest absolute Gasteiger partial charge is 0.142 e. The van der Waals surface area contributed by atoms with Crippen LogP contribution in [0.4, 0.5) is 11.5 Å². The Kier molecular flexibility index (Phi) is 3.47. The van der Waals surface area contributed by atoms with Crippen LogP contribution >= 0.6 is 11.3 Å². The SMILES string of the molecule is Cc1cc2c(Nc3cnn(Cc4cccnc4)c3)ncnc2s1. The van der Waals surface area contributed by atoms with E-state index in [1.807, 2.05) is 29.2 Å². The van der Waals surface area contributed by atoms with Gasteiger partial charge in [0.15, 0.2) is 0 Å². The van der Waals surface area contributed by atoms with Crippen molar-refractivity contribution in [2.75, 3.05) is 5.32 Å². The lowest BCUT2D eigenvalue weighted by molar-refractivity contribution is 0.685. The fraction of sp³-hybridized carbons (Fsp3) is 0.125. The highest BCUT2D eigenvalue weighted by molar-refractivity contribution is 7.18. The molecule has 114 valence electrons. The van der Waals surface area contributed by atoms with E-state index in [1.54, 1.807) is 30.1 Å². The summed E-state index contributed by atoms with van der Waals surface area (Å²) in [6, 6.07) is 6.06. The normalized spacial score (nSPS) is 11.0. The zero-order valence-corrected chi connectivity index (χ0v) is 13.3. The summed E-state index contributed by atoms with van der Waals surface area (Å²) >= 11 is 1.66. The molecule has 7 heteroatoms. The molecule has 6 nitrogen and oxygen atoms in total. The van der Waals surface area contributed by atoms with Crippen molar-refractivity contribution < 1.29 is 0 Å². The average molecular weight is 322 g/mol. The standard InChI is InChI=1S/C16H14N6S/c1-11-5-14-15(18-10-19-16(14)23-11)21-13-7-20-22(9-13)8-12-3-2-4-17-6-12/h2-7,9-10H,8H2,1H3,(H,18,19,21). The van der Waals surface area contributed by atoms with Crippen LogP contribution in [0.3, 0.4) is 0 Å². The third-order valence-electron chi connectivity index (χ3n) is 3.42. The second-order valence-corrected chi connectivity index (χ2v) is 6.45. The molecule has 0 radical (unpaired) electrons. The summed E-state index contributed by atoms with van der Waals surface area (Å²) in [5.41, 5.74) is 2.01. The zero-order chi connectivity index (χ0) is 15.6. The molecule has 0 aliphatic rings. The van der Waals surface area contributed by atoms with E-state index < -0.39 is 0 Å². The summed E-state index contributed by atoms with van der Waals surface area (Å²) in [6.45, 7) is 2.76. The van der Waals surface area contributed by atoms with E-state index in [4.69, 9.17) is 0 Å². The zero-order valence-electron chi connectivity index (χ0n) is 12.5. The van der Waals surface area contributed by atoms with Gasteiger partial charge in [-0.1, -0.05) is 6.07 Å². The van der Waals surface area contributed by atoms with Gasteiger partial charge >= 0.3 is 0 Å². The van der Waals surface area contributed by atoms with Crippen LogP contribution < -0.4 is 5.32 Å². The number of nitrogens with one attached hydrogen (secondary N) is 1. The van der Waals surface area contributed by atoms with Gasteiger partial charge in [-0.3, -0.25) is 9.67 Å². The molecule has 0 saturated heterocycles. The minimum absolute atomic E-state index is 0.687. The molecule has 4 aromatic rings. The summed E-state index contributed by atoms with van der Waals surface area (Å²) in [5.74, 6) is 0.806. The summed E-state index contributed by atoms with van der Waals surface area (Å²) in [4.78, 5) is 15.0. The first-order chi connectivity index (χ1) is 11.3. The molecule has 0 aromatic carbocycles. The minimum Gasteiger partial charge on any atom is -0.337 e. The summed E-state index contributed by atoms with van der Waals surface area (Å²) in [6.07, 6.45) is 8.95. The molecule has 0 unspecified atom stereocenters.